The molecule has 7 heteroatoms. The van der Waals surface area contributed by atoms with E-state index in [2.05, 4.69) is 0 Å². The van der Waals surface area contributed by atoms with Crippen molar-refractivity contribution in [1.82, 2.24) is 0 Å². The van der Waals surface area contributed by atoms with Crippen LogP contribution in [0.3, 0.4) is 0 Å². The van der Waals surface area contributed by atoms with Crippen molar-refractivity contribution in [1.29, 1.82) is 0 Å². The van der Waals surface area contributed by atoms with Crippen molar-refractivity contribution in [2.45, 2.75) is 12.5 Å². The van der Waals surface area contributed by atoms with Crippen molar-refractivity contribution in [3.8, 4) is 5.75 Å². The molecule has 1 aromatic carbocycles. The first-order valence-electron chi connectivity index (χ1n) is 4.35. The molecule has 0 saturated carbocycles. The molecule has 0 unspecified atom stereocenters. The van der Waals surface area contributed by atoms with E-state index in [9.17, 15) is 14.5 Å². The van der Waals surface area contributed by atoms with E-state index in [-0.39, 0.29) is 35.8 Å². The number of phenols is 1. The molecule has 3 N–H and O–H groups in total. The quantitative estimate of drug-likeness (QED) is 0.632. The number of nitrogens with zero attached hydrogens (tertiary/aromatic N) is 1. The van der Waals surface area contributed by atoms with Gasteiger partial charge in [0.2, 0.25) is 0 Å². The normalized spacial score (nSPS) is 11.6. The summed E-state index contributed by atoms with van der Waals surface area (Å²) in [5.41, 5.74) is 5.51. The van der Waals surface area contributed by atoms with Gasteiger partial charge in [-0.2, -0.15) is 0 Å². The average molecular weight is 251 g/mol. The predicted molar refractivity (Wildman–Crippen MR) is 59.5 cm³/mol. The smallest absolute Gasteiger partial charge is 0.274 e. The number of nitrogens with two attached hydrogens (primary N) is 1. The molecule has 1 aromatic rings. The zero-order chi connectivity index (χ0) is 11.4. The second-order valence-electron chi connectivity index (χ2n) is 3.08. The van der Waals surface area contributed by atoms with Gasteiger partial charge >= 0.3 is 0 Å². The number of aromatic hydroxyl groups is 1. The first-order valence-corrected chi connectivity index (χ1v) is 4.35. The van der Waals surface area contributed by atoms with Crippen molar-refractivity contribution in [3.05, 3.63) is 33.9 Å². The number of alkyl halides is 1. The molecular formula is C9H12ClFN2O3. The minimum absolute atomic E-state index is 0. The van der Waals surface area contributed by atoms with E-state index in [4.69, 9.17) is 10.8 Å². The Morgan fingerprint density at radius 3 is 2.69 bits per heavy atom. The Labute approximate surface area is 97.6 Å². The molecule has 0 heterocycles. The predicted octanol–water partition coefficient (Wildman–Crippen LogP) is 2.08. The Kier molecular flexibility index (Phi) is 5.69. The third kappa shape index (κ3) is 3.32. The number of rotatable bonds is 4. The topological polar surface area (TPSA) is 89.4 Å². The second kappa shape index (κ2) is 6.24. The number of nitro benzene ring substituents is 1. The molecule has 0 aliphatic carbocycles. The number of hydrogen-bond acceptors (Lipinski definition) is 4. The third-order valence-electron chi connectivity index (χ3n) is 2.03. The maximum Gasteiger partial charge on any atom is 0.274 e. The fourth-order valence-corrected chi connectivity index (χ4v) is 1.28. The summed E-state index contributed by atoms with van der Waals surface area (Å²) in [5, 5.41) is 19.8. The lowest BCUT2D eigenvalue weighted by Gasteiger charge is -2.10. The van der Waals surface area contributed by atoms with Crippen LogP contribution >= 0.6 is 12.4 Å². The van der Waals surface area contributed by atoms with Gasteiger partial charge in [0.25, 0.3) is 5.69 Å². The summed E-state index contributed by atoms with van der Waals surface area (Å²) in [6.45, 7) is -0.659. The van der Waals surface area contributed by atoms with E-state index >= 15 is 0 Å². The lowest BCUT2D eigenvalue weighted by Crippen LogP contribution is -2.12. The molecule has 0 aliphatic rings. The highest BCUT2D eigenvalue weighted by atomic mass is 35.5. The lowest BCUT2D eigenvalue weighted by atomic mass is 10.0. The molecular weight excluding hydrogens is 239 g/mol. The number of phenolic OH excluding ortho intramolecular Hbond substituents is 1. The zero-order valence-corrected chi connectivity index (χ0v) is 9.11. The van der Waals surface area contributed by atoms with Crippen LogP contribution in [-0.2, 0) is 0 Å². The average Bonchev–Trinajstić information content (AvgIpc) is 2.17. The Bertz CT molecular complexity index is 376. The largest absolute Gasteiger partial charge is 0.508 e. The fourth-order valence-electron chi connectivity index (χ4n) is 1.28. The summed E-state index contributed by atoms with van der Waals surface area (Å²) in [7, 11) is 0. The van der Waals surface area contributed by atoms with Gasteiger partial charge in [-0.1, -0.05) is 0 Å². The highest BCUT2D eigenvalue weighted by Gasteiger charge is 2.19. The molecule has 1 rings (SSSR count). The van der Waals surface area contributed by atoms with E-state index in [0.717, 1.165) is 6.07 Å². The molecule has 0 saturated heterocycles. The molecule has 90 valence electrons. The van der Waals surface area contributed by atoms with Crippen LogP contribution in [0.15, 0.2) is 18.2 Å². The van der Waals surface area contributed by atoms with Crippen LogP contribution in [0, 0.1) is 10.1 Å². The van der Waals surface area contributed by atoms with Crippen molar-refractivity contribution < 1.29 is 14.4 Å². The molecule has 1 atom stereocenters. The Morgan fingerprint density at radius 2 is 2.19 bits per heavy atom. The molecule has 5 nitrogen and oxygen atoms in total. The minimum Gasteiger partial charge on any atom is -0.508 e. The van der Waals surface area contributed by atoms with Crippen LogP contribution in [0.4, 0.5) is 10.1 Å². The molecule has 0 fully saturated rings. The zero-order valence-electron chi connectivity index (χ0n) is 8.30. The SMILES string of the molecule is Cl.N[C@@H](CCF)c1cc(O)ccc1[N+](=O)[O-]. The molecule has 16 heavy (non-hydrogen) atoms. The summed E-state index contributed by atoms with van der Waals surface area (Å²) in [4.78, 5) is 10.0. The molecule has 0 radical (unpaired) electrons. The summed E-state index contributed by atoms with van der Waals surface area (Å²) in [6, 6.07) is 2.77. The van der Waals surface area contributed by atoms with Crippen LogP contribution in [0.1, 0.15) is 18.0 Å². The van der Waals surface area contributed by atoms with Gasteiger partial charge in [-0.05, 0) is 18.6 Å². The van der Waals surface area contributed by atoms with Crippen molar-refractivity contribution in [2.24, 2.45) is 5.73 Å². The standard InChI is InChI=1S/C9H11FN2O3.ClH/c10-4-3-8(11)7-5-6(13)1-2-9(7)12(14)15;/h1-2,5,8,13H,3-4,11H2;1H/t8-;/m0./s1. The highest BCUT2D eigenvalue weighted by molar-refractivity contribution is 5.85. The van der Waals surface area contributed by atoms with Gasteiger partial charge in [0, 0.05) is 12.1 Å². The fraction of sp³-hybridized carbons (Fsp3) is 0.333. The lowest BCUT2D eigenvalue weighted by molar-refractivity contribution is -0.385. The van der Waals surface area contributed by atoms with Gasteiger partial charge in [0.1, 0.15) is 5.75 Å². The summed E-state index contributed by atoms with van der Waals surface area (Å²) in [6.07, 6.45) is -0.00963. The van der Waals surface area contributed by atoms with Gasteiger partial charge in [-0.3, -0.25) is 14.5 Å². The van der Waals surface area contributed by atoms with E-state index in [1.54, 1.807) is 0 Å². The Balaban J connectivity index is 0.00000225. The molecule has 0 aliphatic heterocycles. The maximum absolute atomic E-state index is 12.1. The van der Waals surface area contributed by atoms with Gasteiger partial charge in [0.15, 0.2) is 0 Å². The number of nitro groups is 1. The first kappa shape index (κ1) is 14.6. The number of benzene rings is 1. The molecule has 0 aromatic heterocycles. The van der Waals surface area contributed by atoms with Crippen LogP contribution in [0.2, 0.25) is 0 Å². The molecule has 0 amide bonds. The van der Waals surface area contributed by atoms with Gasteiger partial charge in [-0.25, -0.2) is 0 Å². The van der Waals surface area contributed by atoms with Crippen molar-refractivity contribution >= 4 is 18.1 Å². The van der Waals surface area contributed by atoms with Crippen LogP contribution < -0.4 is 5.73 Å². The highest BCUT2D eigenvalue weighted by Crippen LogP contribution is 2.29. The summed E-state index contributed by atoms with van der Waals surface area (Å²) in [5.74, 6) is -0.120. The number of hydrogen-bond donors (Lipinski definition) is 2. The second-order valence-corrected chi connectivity index (χ2v) is 3.08. The van der Waals surface area contributed by atoms with Gasteiger partial charge in [0.05, 0.1) is 17.2 Å². The van der Waals surface area contributed by atoms with Crippen molar-refractivity contribution in [3.63, 3.8) is 0 Å². The Morgan fingerprint density at radius 1 is 1.56 bits per heavy atom. The molecule has 0 spiro atoms. The van der Waals surface area contributed by atoms with Crippen molar-refractivity contribution in [2.75, 3.05) is 6.67 Å². The van der Waals surface area contributed by atoms with E-state index < -0.39 is 17.6 Å². The minimum atomic E-state index is -0.775. The number of halogens is 2. The van der Waals surface area contributed by atoms with Crippen LogP contribution in [0.5, 0.6) is 5.75 Å². The monoisotopic (exact) mass is 250 g/mol. The summed E-state index contributed by atoms with van der Waals surface area (Å²) >= 11 is 0. The van der Waals surface area contributed by atoms with Crippen LogP contribution in [-0.4, -0.2) is 16.7 Å². The van der Waals surface area contributed by atoms with E-state index in [1.807, 2.05) is 0 Å². The Hall–Kier alpha value is -1.40. The first-order chi connectivity index (χ1) is 7.06. The van der Waals surface area contributed by atoms with Gasteiger partial charge < -0.3 is 10.8 Å². The van der Waals surface area contributed by atoms with E-state index in [0.29, 0.717) is 0 Å². The van der Waals surface area contributed by atoms with Crippen LogP contribution in [0.25, 0.3) is 0 Å². The third-order valence-corrected chi connectivity index (χ3v) is 2.03. The summed E-state index contributed by atoms with van der Waals surface area (Å²) < 4.78 is 12.1. The van der Waals surface area contributed by atoms with E-state index in [1.165, 1.54) is 12.1 Å². The van der Waals surface area contributed by atoms with Gasteiger partial charge in [-0.15, -0.1) is 12.4 Å². The molecule has 0 bridgehead atoms. The maximum atomic E-state index is 12.1.